The Morgan fingerprint density at radius 2 is 1.76 bits per heavy atom. The van der Waals surface area contributed by atoms with E-state index in [1.165, 1.54) is 28.7 Å². The smallest absolute Gasteiger partial charge is 0.256 e. The van der Waals surface area contributed by atoms with Crippen LogP contribution in [-0.2, 0) is 13.0 Å². The third kappa shape index (κ3) is 3.60. The molecule has 0 aromatic heterocycles. The van der Waals surface area contributed by atoms with Gasteiger partial charge in [0.1, 0.15) is 5.82 Å². The van der Waals surface area contributed by atoms with Gasteiger partial charge >= 0.3 is 0 Å². The van der Waals surface area contributed by atoms with Crippen molar-refractivity contribution in [1.82, 2.24) is 4.90 Å². The van der Waals surface area contributed by atoms with Crippen LogP contribution >= 0.6 is 0 Å². The van der Waals surface area contributed by atoms with E-state index >= 15 is 0 Å². The quantitative estimate of drug-likeness (QED) is 0.877. The molecule has 0 heterocycles. The van der Waals surface area contributed by atoms with Crippen LogP contribution in [0.5, 0.6) is 0 Å². The van der Waals surface area contributed by atoms with E-state index in [2.05, 4.69) is 6.92 Å². The maximum atomic E-state index is 13.7. The first kappa shape index (κ1) is 15.0. The Labute approximate surface area is 124 Å². The number of anilines is 1. The second-order valence-electron chi connectivity index (χ2n) is 5.07. The fourth-order valence-corrected chi connectivity index (χ4v) is 2.14. The van der Waals surface area contributed by atoms with E-state index in [1.807, 2.05) is 24.3 Å². The fraction of sp³-hybridized carbons (Fsp3) is 0.235. The minimum atomic E-state index is -0.553. The predicted molar refractivity (Wildman–Crippen MR) is 82.4 cm³/mol. The van der Waals surface area contributed by atoms with Gasteiger partial charge in [0.25, 0.3) is 5.91 Å². The van der Waals surface area contributed by atoms with Crippen LogP contribution in [0.3, 0.4) is 0 Å². The average molecular weight is 286 g/mol. The monoisotopic (exact) mass is 286 g/mol. The molecule has 110 valence electrons. The van der Waals surface area contributed by atoms with Gasteiger partial charge in [-0.25, -0.2) is 4.39 Å². The molecule has 0 bridgehead atoms. The molecule has 1 amide bonds. The van der Waals surface area contributed by atoms with Gasteiger partial charge in [0.15, 0.2) is 0 Å². The number of carbonyl (C=O) groups excluding carboxylic acids is 1. The molecule has 21 heavy (non-hydrogen) atoms. The summed E-state index contributed by atoms with van der Waals surface area (Å²) in [6, 6.07) is 12.1. The number of hydrogen-bond donors (Lipinski definition) is 1. The third-order valence-corrected chi connectivity index (χ3v) is 3.42. The minimum Gasteiger partial charge on any atom is -0.399 e. The second kappa shape index (κ2) is 6.39. The lowest BCUT2D eigenvalue weighted by atomic mass is 10.1. The Bertz CT molecular complexity index is 638. The fourth-order valence-electron chi connectivity index (χ4n) is 2.14. The van der Waals surface area contributed by atoms with Gasteiger partial charge in [-0.05, 0) is 35.7 Å². The zero-order chi connectivity index (χ0) is 15.4. The number of rotatable bonds is 4. The first-order chi connectivity index (χ1) is 10.0. The maximum absolute atomic E-state index is 13.7. The van der Waals surface area contributed by atoms with Gasteiger partial charge in [-0.3, -0.25) is 4.79 Å². The highest BCUT2D eigenvalue weighted by molar-refractivity contribution is 5.95. The number of nitrogens with zero attached hydrogens (tertiary/aromatic N) is 1. The van der Waals surface area contributed by atoms with E-state index in [1.54, 1.807) is 7.05 Å². The molecule has 0 saturated heterocycles. The first-order valence-corrected chi connectivity index (χ1v) is 6.89. The molecule has 2 aromatic carbocycles. The summed E-state index contributed by atoms with van der Waals surface area (Å²) in [6.45, 7) is 2.52. The van der Waals surface area contributed by atoms with Crippen LogP contribution in [0.25, 0.3) is 0 Å². The van der Waals surface area contributed by atoms with Crippen LogP contribution < -0.4 is 5.73 Å². The van der Waals surface area contributed by atoms with E-state index < -0.39 is 5.82 Å². The number of amides is 1. The number of nitrogens with two attached hydrogens (primary N) is 1. The molecule has 0 aliphatic carbocycles. The van der Waals surface area contributed by atoms with Crippen LogP contribution in [0, 0.1) is 5.82 Å². The number of benzene rings is 2. The van der Waals surface area contributed by atoms with E-state index in [-0.39, 0.29) is 11.5 Å². The summed E-state index contributed by atoms with van der Waals surface area (Å²) in [4.78, 5) is 13.8. The topological polar surface area (TPSA) is 46.3 Å². The van der Waals surface area contributed by atoms with Crippen molar-refractivity contribution in [2.45, 2.75) is 19.9 Å². The second-order valence-corrected chi connectivity index (χ2v) is 5.07. The molecule has 2 rings (SSSR count). The molecule has 2 aromatic rings. The summed E-state index contributed by atoms with van der Waals surface area (Å²) in [5.74, 6) is -0.929. The molecular formula is C17H19FN2O. The summed E-state index contributed by atoms with van der Waals surface area (Å²) in [7, 11) is 1.65. The van der Waals surface area contributed by atoms with Gasteiger partial charge in [0.05, 0.1) is 5.56 Å². The van der Waals surface area contributed by atoms with E-state index in [4.69, 9.17) is 5.73 Å². The van der Waals surface area contributed by atoms with Crippen LogP contribution in [0.2, 0.25) is 0 Å². The standard InChI is InChI=1S/C17H19FN2O/c1-3-12-4-6-13(7-5-12)11-20(2)17(21)15-10-14(19)8-9-16(15)18/h4-10H,3,11,19H2,1-2H3. The summed E-state index contributed by atoms with van der Waals surface area (Å²) in [5.41, 5.74) is 8.24. The molecule has 3 nitrogen and oxygen atoms in total. The van der Waals surface area contributed by atoms with Gasteiger partial charge < -0.3 is 10.6 Å². The van der Waals surface area contributed by atoms with E-state index in [0.717, 1.165) is 12.0 Å². The highest BCUT2D eigenvalue weighted by Crippen LogP contribution is 2.15. The Morgan fingerprint density at radius 3 is 2.38 bits per heavy atom. The van der Waals surface area contributed by atoms with Gasteiger partial charge in [-0.2, -0.15) is 0 Å². The molecule has 0 aliphatic heterocycles. The molecule has 0 saturated carbocycles. The Kier molecular flexibility index (Phi) is 4.58. The Hall–Kier alpha value is -2.36. The largest absolute Gasteiger partial charge is 0.399 e. The van der Waals surface area contributed by atoms with Crippen molar-refractivity contribution in [3.63, 3.8) is 0 Å². The molecule has 0 spiro atoms. The summed E-state index contributed by atoms with van der Waals surface area (Å²) >= 11 is 0. The number of aryl methyl sites for hydroxylation is 1. The zero-order valence-corrected chi connectivity index (χ0v) is 12.3. The third-order valence-electron chi connectivity index (χ3n) is 3.42. The van der Waals surface area contributed by atoms with Crippen LogP contribution in [-0.4, -0.2) is 17.9 Å². The van der Waals surface area contributed by atoms with E-state index in [9.17, 15) is 9.18 Å². The number of halogens is 1. The lowest BCUT2D eigenvalue weighted by molar-refractivity contribution is 0.0780. The SMILES string of the molecule is CCc1ccc(CN(C)C(=O)c2cc(N)ccc2F)cc1. The van der Waals surface area contributed by atoms with Gasteiger partial charge in [-0.1, -0.05) is 31.2 Å². The average Bonchev–Trinajstić information content (AvgIpc) is 2.49. The Morgan fingerprint density at radius 1 is 1.14 bits per heavy atom. The Balaban J connectivity index is 2.13. The van der Waals surface area contributed by atoms with Crippen molar-refractivity contribution >= 4 is 11.6 Å². The zero-order valence-electron chi connectivity index (χ0n) is 12.3. The van der Waals surface area contributed by atoms with Crippen molar-refractivity contribution in [3.8, 4) is 0 Å². The molecule has 0 fully saturated rings. The van der Waals surface area contributed by atoms with Gasteiger partial charge in [0.2, 0.25) is 0 Å². The first-order valence-electron chi connectivity index (χ1n) is 6.89. The predicted octanol–water partition coefficient (Wildman–Crippen LogP) is 3.24. The normalized spacial score (nSPS) is 10.4. The number of carbonyl (C=O) groups is 1. The lowest BCUT2D eigenvalue weighted by Crippen LogP contribution is -2.27. The van der Waals surface area contributed by atoms with Crippen LogP contribution in [0.4, 0.5) is 10.1 Å². The van der Waals surface area contributed by atoms with Crippen molar-refractivity contribution < 1.29 is 9.18 Å². The highest BCUT2D eigenvalue weighted by Gasteiger charge is 2.16. The maximum Gasteiger partial charge on any atom is 0.256 e. The van der Waals surface area contributed by atoms with E-state index in [0.29, 0.717) is 12.2 Å². The molecular weight excluding hydrogens is 267 g/mol. The highest BCUT2D eigenvalue weighted by atomic mass is 19.1. The number of nitrogen functional groups attached to an aromatic ring is 1. The molecule has 0 aliphatic rings. The molecule has 0 atom stereocenters. The van der Waals surface area contributed by atoms with Gasteiger partial charge in [-0.15, -0.1) is 0 Å². The molecule has 0 unspecified atom stereocenters. The van der Waals surface area contributed by atoms with Crippen molar-refractivity contribution in [2.75, 3.05) is 12.8 Å². The van der Waals surface area contributed by atoms with Crippen molar-refractivity contribution in [1.29, 1.82) is 0 Å². The van der Waals surface area contributed by atoms with Crippen LogP contribution in [0.1, 0.15) is 28.4 Å². The summed E-state index contributed by atoms with van der Waals surface area (Å²) in [6.07, 6.45) is 0.976. The van der Waals surface area contributed by atoms with Crippen molar-refractivity contribution in [3.05, 3.63) is 65.0 Å². The number of hydrogen-bond acceptors (Lipinski definition) is 2. The summed E-state index contributed by atoms with van der Waals surface area (Å²) < 4.78 is 13.7. The summed E-state index contributed by atoms with van der Waals surface area (Å²) in [5, 5.41) is 0. The van der Waals surface area contributed by atoms with Crippen LogP contribution in [0.15, 0.2) is 42.5 Å². The molecule has 4 heteroatoms. The molecule has 0 radical (unpaired) electrons. The minimum absolute atomic E-state index is 0.00248. The lowest BCUT2D eigenvalue weighted by Gasteiger charge is -2.18. The van der Waals surface area contributed by atoms with Crippen molar-refractivity contribution in [2.24, 2.45) is 0 Å². The van der Waals surface area contributed by atoms with Gasteiger partial charge in [0, 0.05) is 19.3 Å². The molecule has 2 N–H and O–H groups in total.